The maximum absolute atomic E-state index is 13.1. The van der Waals surface area contributed by atoms with E-state index < -0.39 is 35.6 Å². The van der Waals surface area contributed by atoms with Crippen molar-refractivity contribution in [1.29, 1.82) is 0 Å². The number of fused-ring (bicyclic) bond motifs is 1. The van der Waals surface area contributed by atoms with Gasteiger partial charge in [-0.05, 0) is 41.7 Å². The Morgan fingerprint density at radius 2 is 2.00 bits per heavy atom. The van der Waals surface area contributed by atoms with Gasteiger partial charge in [-0.2, -0.15) is 0 Å². The fourth-order valence-electron chi connectivity index (χ4n) is 3.11. The number of sulfonamides is 1. The third-order valence-corrected chi connectivity index (χ3v) is 6.19. The lowest BCUT2D eigenvalue weighted by atomic mass is 9.79. The highest BCUT2D eigenvalue weighted by molar-refractivity contribution is 7.92. The van der Waals surface area contributed by atoms with E-state index in [1.165, 1.54) is 24.3 Å². The molecule has 0 saturated heterocycles. The fraction of sp³-hybridized carbons (Fsp3) is 0.333. The zero-order valence-electron chi connectivity index (χ0n) is 18.3. The summed E-state index contributed by atoms with van der Waals surface area (Å²) in [6, 6.07) is 8.92. The molecule has 3 N–H and O–H groups in total. The van der Waals surface area contributed by atoms with Crippen molar-refractivity contribution in [3.8, 4) is 5.75 Å². The Kier molecular flexibility index (Phi) is 7.95. The molecule has 0 aromatic heterocycles. The Balaban J connectivity index is 1.87. The molecule has 0 fully saturated rings. The Hall–Kier alpha value is -3.09. The second kappa shape index (κ2) is 10.7. The van der Waals surface area contributed by atoms with Crippen molar-refractivity contribution in [2.24, 2.45) is 0 Å². The van der Waals surface area contributed by atoms with Crippen LogP contribution in [0.1, 0.15) is 32.3 Å². The molecule has 1 amide bonds. The summed E-state index contributed by atoms with van der Waals surface area (Å²) in [6.45, 7) is 3.28. The number of ether oxygens (including phenoxy) is 2. The third kappa shape index (κ3) is 6.47. The minimum atomic E-state index is -4.15. The zero-order chi connectivity index (χ0) is 24.0. The van der Waals surface area contributed by atoms with Gasteiger partial charge >= 0.3 is 13.1 Å². The largest absolute Gasteiger partial charge is 0.494 e. The van der Waals surface area contributed by atoms with Crippen LogP contribution in [0.2, 0.25) is 0 Å². The molecule has 2 aromatic carbocycles. The summed E-state index contributed by atoms with van der Waals surface area (Å²) in [5, 5.41) is 12.3. The predicted molar refractivity (Wildman–Crippen MR) is 122 cm³/mol. The minimum absolute atomic E-state index is 0.0295. The van der Waals surface area contributed by atoms with Gasteiger partial charge in [0, 0.05) is 18.7 Å². The highest BCUT2D eigenvalue weighted by Crippen LogP contribution is 2.29. The summed E-state index contributed by atoms with van der Waals surface area (Å²) in [5.74, 6) is -0.966. The van der Waals surface area contributed by atoms with Crippen molar-refractivity contribution in [2.75, 3.05) is 23.3 Å². The average Bonchev–Trinajstić information content (AvgIpc) is 3.12. The van der Waals surface area contributed by atoms with Crippen molar-refractivity contribution >= 4 is 45.9 Å². The van der Waals surface area contributed by atoms with Crippen LogP contribution >= 0.6 is 0 Å². The Morgan fingerprint density at radius 1 is 1.21 bits per heavy atom. The van der Waals surface area contributed by atoms with Gasteiger partial charge < -0.3 is 24.5 Å². The lowest BCUT2D eigenvalue weighted by Gasteiger charge is -2.15. The van der Waals surface area contributed by atoms with Gasteiger partial charge in [0.1, 0.15) is 10.6 Å². The van der Waals surface area contributed by atoms with Crippen LogP contribution in [-0.4, -0.2) is 45.7 Å². The van der Waals surface area contributed by atoms with Crippen LogP contribution in [-0.2, 0) is 35.6 Å². The van der Waals surface area contributed by atoms with E-state index in [-0.39, 0.29) is 22.9 Å². The van der Waals surface area contributed by atoms with Crippen molar-refractivity contribution < 1.29 is 37.2 Å². The Labute approximate surface area is 192 Å². The Bertz CT molecular complexity index is 1140. The maximum Gasteiger partial charge on any atom is 0.491 e. The van der Waals surface area contributed by atoms with Crippen LogP contribution in [0.4, 0.5) is 11.4 Å². The molecule has 12 heteroatoms. The van der Waals surface area contributed by atoms with E-state index in [1.807, 2.05) is 6.92 Å². The number of anilines is 2. The molecule has 0 saturated carbocycles. The van der Waals surface area contributed by atoms with Gasteiger partial charge in [-0.25, -0.2) is 8.42 Å². The first-order chi connectivity index (χ1) is 15.7. The number of carbonyl (C=O) groups is 2. The number of unbranched alkanes of at least 4 members (excludes halogenated alkanes) is 1. The molecule has 10 nitrogen and oxygen atoms in total. The number of nitrogens with one attached hydrogen (secondary N) is 2. The molecule has 0 aliphatic carbocycles. The van der Waals surface area contributed by atoms with Gasteiger partial charge in [0.25, 0.3) is 15.9 Å². The van der Waals surface area contributed by atoms with Gasteiger partial charge in [-0.3, -0.25) is 14.3 Å². The van der Waals surface area contributed by atoms with Crippen LogP contribution in [0, 0.1) is 0 Å². The Morgan fingerprint density at radius 3 is 2.73 bits per heavy atom. The molecule has 1 aliphatic heterocycles. The summed E-state index contributed by atoms with van der Waals surface area (Å²) in [6.07, 6.45) is 1.73. The quantitative estimate of drug-likeness (QED) is 0.266. The van der Waals surface area contributed by atoms with Gasteiger partial charge in [0.2, 0.25) is 0 Å². The third-order valence-electron chi connectivity index (χ3n) is 4.75. The number of hydrogen-bond donors (Lipinski definition) is 3. The monoisotopic (exact) mass is 476 g/mol. The molecule has 1 aliphatic rings. The van der Waals surface area contributed by atoms with E-state index in [4.69, 9.17) is 9.39 Å². The van der Waals surface area contributed by atoms with Crippen molar-refractivity contribution in [1.82, 2.24) is 0 Å². The smallest absolute Gasteiger partial charge is 0.491 e. The van der Waals surface area contributed by atoms with Crippen LogP contribution in [0.3, 0.4) is 0 Å². The molecule has 0 unspecified atom stereocenters. The lowest BCUT2D eigenvalue weighted by molar-refractivity contribution is -0.144. The summed E-state index contributed by atoms with van der Waals surface area (Å²) < 4.78 is 44.2. The number of hydrogen-bond acceptors (Lipinski definition) is 8. The second-order valence-corrected chi connectivity index (χ2v) is 9.02. The first-order valence-electron chi connectivity index (χ1n) is 10.3. The van der Waals surface area contributed by atoms with Crippen molar-refractivity contribution in [3.63, 3.8) is 0 Å². The fourth-order valence-corrected chi connectivity index (χ4v) is 4.30. The summed E-state index contributed by atoms with van der Waals surface area (Å²) >= 11 is 0. The number of benzene rings is 2. The van der Waals surface area contributed by atoms with E-state index in [1.54, 1.807) is 12.1 Å². The van der Waals surface area contributed by atoms with Gasteiger partial charge in [0.15, 0.2) is 6.61 Å². The van der Waals surface area contributed by atoms with Gasteiger partial charge in [0.05, 0.1) is 18.9 Å². The molecule has 2 aromatic rings. The minimum Gasteiger partial charge on any atom is -0.494 e. The summed E-state index contributed by atoms with van der Waals surface area (Å²) in [5.41, 5.74) is 1.43. The van der Waals surface area contributed by atoms with Gasteiger partial charge in [-0.15, -0.1) is 0 Å². The molecule has 3 rings (SSSR count). The number of amides is 1. The van der Waals surface area contributed by atoms with E-state index in [0.717, 1.165) is 25.3 Å². The lowest BCUT2D eigenvalue weighted by Crippen LogP contribution is -2.28. The number of esters is 1. The first kappa shape index (κ1) is 24.6. The van der Waals surface area contributed by atoms with E-state index in [2.05, 4.69) is 14.8 Å². The molecular weight excluding hydrogens is 451 g/mol. The number of rotatable bonds is 10. The first-order valence-corrected chi connectivity index (χ1v) is 11.8. The highest BCUT2D eigenvalue weighted by Gasteiger charge is 2.28. The topological polar surface area (TPSA) is 140 Å². The van der Waals surface area contributed by atoms with Gasteiger partial charge in [-0.1, -0.05) is 19.4 Å². The van der Waals surface area contributed by atoms with Crippen LogP contribution in [0.5, 0.6) is 5.75 Å². The molecule has 0 radical (unpaired) electrons. The zero-order valence-corrected chi connectivity index (χ0v) is 19.1. The van der Waals surface area contributed by atoms with Crippen LogP contribution < -0.4 is 20.2 Å². The highest BCUT2D eigenvalue weighted by atomic mass is 32.2. The van der Waals surface area contributed by atoms with Crippen molar-refractivity contribution in [2.45, 2.75) is 38.2 Å². The normalized spacial score (nSPS) is 12.8. The SMILES string of the molecule is CCCCOc1ccc(S(=O)(=O)Nc2ccc3c(c2)B(O)OC3)c(NC(=O)COC(C)=O)c1. The standard InChI is InChI=1S/C21H25BN2O8S/c1-3-4-9-30-17-7-8-20(19(11-17)23-21(26)13-31-14(2)25)33(28,29)24-16-6-5-15-12-32-22(27)18(15)10-16/h5-8,10-11,24,27H,3-4,9,12-13H2,1-2H3,(H,23,26). The van der Waals surface area contributed by atoms with E-state index in [9.17, 15) is 23.0 Å². The molecule has 0 spiro atoms. The number of carbonyl (C=O) groups excluding carboxylic acids is 2. The second-order valence-electron chi connectivity index (χ2n) is 7.37. The van der Waals surface area contributed by atoms with Crippen molar-refractivity contribution in [3.05, 3.63) is 42.0 Å². The van der Waals surface area contributed by atoms with Crippen LogP contribution in [0.15, 0.2) is 41.3 Å². The maximum atomic E-state index is 13.1. The molecule has 0 bridgehead atoms. The van der Waals surface area contributed by atoms with E-state index in [0.29, 0.717) is 17.8 Å². The molecule has 1 heterocycles. The molecule has 0 atom stereocenters. The molecule has 176 valence electrons. The average molecular weight is 476 g/mol. The summed E-state index contributed by atoms with van der Waals surface area (Å²) in [4.78, 5) is 23.0. The van der Waals surface area contributed by atoms with Crippen LogP contribution in [0.25, 0.3) is 0 Å². The molecular formula is C21H25BN2O8S. The summed E-state index contributed by atoms with van der Waals surface area (Å²) in [7, 11) is -5.27. The molecule has 33 heavy (non-hydrogen) atoms. The van der Waals surface area contributed by atoms with E-state index >= 15 is 0 Å². The predicted octanol–water partition coefficient (Wildman–Crippen LogP) is 1.39.